The number of carbonyl (C=O) groups excluding carboxylic acids is 1. The van der Waals surface area contributed by atoms with E-state index in [1.165, 1.54) is 0 Å². The van der Waals surface area contributed by atoms with E-state index in [0.29, 0.717) is 26.4 Å². The van der Waals surface area contributed by atoms with E-state index >= 15 is 0 Å². The van der Waals surface area contributed by atoms with E-state index in [4.69, 9.17) is 18.9 Å². The van der Waals surface area contributed by atoms with Crippen molar-refractivity contribution in [2.75, 3.05) is 40.1 Å². The predicted molar refractivity (Wildman–Crippen MR) is 72.3 cm³/mol. The summed E-state index contributed by atoms with van der Waals surface area (Å²) in [5.74, 6) is -0.419. The van der Waals surface area contributed by atoms with Crippen LogP contribution in [0.1, 0.15) is 32.1 Å². The third-order valence-corrected chi connectivity index (χ3v) is 3.81. The summed E-state index contributed by atoms with van der Waals surface area (Å²) in [5, 5.41) is 2.81. The van der Waals surface area contributed by atoms with Crippen LogP contribution in [0.3, 0.4) is 0 Å². The number of methoxy groups -OCH3 is 1. The minimum Gasteiger partial charge on any atom is -0.385 e. The summed E-state index contributed by atoms with van der Waals surface area (Å²) >= 11 is 0. The molecular formula is C14H25NO5. The Labute approximate surface area is 120 Å². The lowest BCUT2D eigenvalue weighted by atomic mass is 9.92. The highest BCUT2D eigenvalue weighted by atomic mass is 16.7. The maximum atomic E-state index is 11.6. The van der Waals surface area contributed by atoms with Crippen LogP contribution in [0.5, 0.6) is 0 Å². The number of nitrogens with one attached hydrogen (secondary N) is 1. The van der Waals surface area contributed by atoms with Crippen molar-refractivity contribution in [1.82, 2.24) is 5.32 Å². The average molecular weight is 287 g/mol. The average Bonchev–Trinajstić information content (AvgIpc) is 2.91. The molecule has 1 spiro atoms. The largest absolute Gasteiger partial charge is 0.385 e. The van der Waals surface area contributed by atoms with Gasteiger partial charge in [0, 0.05) is 33.1 Å². The van der Waals surface area contributed by atoms with Crippen molar-refractivity contribution in [2.45, 2.75) is 44.0 Å². The third-order valence-electron chi connectivity index (χ3n) is 3.81. The number of hydrogen-bond acceptors (Lipinski definition) is 5. The summed E-state index contributed by atoms with van der Waals surface area (Å²) in [6.45, 7) is 2.80. The monoisotopic (exact) mass is 287 g/mol. The second-order valence-corrected chi connectivity index (χ2v) is 5.31. The Hall–Kier alpha value is -0.690. The Balaban J connectivity index is 1.55. The fourth-order valence-corrected chi connectivity index (χ4v) is 2.67. The van der Waals surface area contributed by atoms with E-state index in [9.17, 15) is 4.79 Å². The van der Waals surface area contributed by atoms with Gasteiger partial charge >= 0.3 is 0 Å². The second kappa shape index (κ2) is 7.93. The van der Waals surface area contributed by atoms with E-state index in [2.05, 4.69) is 5.32 Å². The second-order valence-electron chi connectivity index (χ2n) is 5.31. The van der Waals surface area contributed by atoms with Crippen LogP contribution in [0.15, 0.2) is 0 Å². The van der Waals surface area contributed by atoms with Gasteiger partial charge in [-0.25, -0.2) is 0 Å². The Kier molecular flexibility index (Phi) is 6.22. The molecule has 1 heterocycles. The summed E-state index contributed by atoms with van der Waals surface area (Å²) in [7, 11) is 1.65. The molecule has 1 amide bonds. The molecule has 0 aromatic carbocycles. The molecular weight excluding hydrogens is 262 g/mol. The zero-order valence-corrected chi connectivity index (χ0v) is 12.2. The minimum absolute atomic E-state index is 0.0604. The van der Waals surface area contributed by atoms with Crippen LogP contribution in [-0.4, -0.2) is 57.9 Å². The van der Waals surface area contributed by atoms with Crippen molar-refractivity contribution in [2.24, 2.45) is 0 Å². The number of ether oxygens (including phenoxy) is 4. The molecule has 6 nitrogen and oxygen atoms in total. The summed E-state index contributed by atoms with van der Waals surface area (Å²) in [5.41, 5.74) is 0. The van der Waals surface area contributed by atoms with Crippen molar-refractivity contribution < 1.29 is 23.7 Å². The van der Waals surface area contributed by atoms with Crippen LogP contribution in [0.2, 0.25) is 0 Å². The molecule has 1 saturated heterocycles. The lowest BCUT2D eigenvalue weighted by Gasteiger charge is -2.35. The number of amides is 1. The predicted octanol–water partition coefficient (Wildman–Crippen LogP) is 0.841. The molecule has 6 heteroatoms. The molecule has 2 rings (SSSR count). The highest BCUT2D eigenvalue weighted by molar-refractivity contribution is 5.77. The van der Waals surface area contributed by atoms with E-state index in [-0.39, 0.29) is 24.4 Å². The van der Waals surface area contributed by atoms with Crippen LogP contribution in [0.25, 0.3) is 0 Å². The Morgan fingerprint density at radius 2 is 2.00 bits per heavy atom. The lowest BCUT2D eigenvalue weighted by Crippen LogP contribution is -2.39. The van der Waals surface area contributed by atoms with Crippen LogP contribution in [0.4, 0.5) is 0 Å². The molecule has 20 heavy (non-hydrogen) atoms. The van der Waals surface area contributed by atoms with Gasteiger partial charge in [0.25, 0.3) is 0 Å². The highest BCUT2D eigenvalue weighted by Crippen LogP contribution is 2.36. The molecule has 0 radical (unpaired) electrons. The van der Waals surface area contributed by atoms with Gasteiger partial charge in [-0.3, -0.25) is 4.79 Å². The fourth-order valence-electron chi connectivity index (χ4n) is 2.67. The molecule has 0 atom stereocenters. The summed E-state index contributed by atoms with van der Waals surface area (Å²) in [4.78, 5) is 11.6. The lowest BCUT2D eigenvalue weighted by molar-refractivity contribution is -0.191. The van der Waals surface area contributed by atoms with Crippen LogP contribution < -0.4 is 5.32 Å². The van der Waals surface area contributed by atoms with Crippen LogP contribution >= 0.6 is 0 Å². The van der Waals surface area contributed by atoms with Gasteiger partial charge < -0.3 is 24.3 Å². The van der Waals surface area contributed by atoms with Crippen molar-refractivity contribution in [3.63, 3.8) is 0 Å². The molecule has 0 aromatic rings. The number of rotatable bonds is 7. The first kappa shape index (κ1) is 15.7. The molecule has 1 aliphatic carbocycles. The van der Waals surface area contributed by atoms with Gasteiger partial charge in [0.15, 0.2) is 5.79 Å². The van der Waals surface area contributed by atoms with E-state index in [1.807, 2.05) is 0 Å². The number of hydrogen-bond donors (Lipinski definition) is 1. The molecule has 2 aliphatic rings. The maximum Gasteiger partial charge on any atom is 0.246 e. The SMILES string of the molecule is COCCCNC(=O)COC1CCC2(CC1)OCCO2. The molecule has 0 unspecified atom stereocenters. The number of carbonyl (C=O) groups is 1. The van der Waals surface area contributed by atoms with E-state index < -0.39 is 0 Å². The Morgan fingerprint density at radius 1 is 1.30 bits per heavy atom. The van der Waals surface area contributed by atoms with Crippen molar-refractivity contribution in [1.29, 1.82) is 0 Å². The van der Waals surface area contributed by atoms with Gasteiger partial charge in [-0.15, -0.1) is 0 Å². The molecule has 2 fully saturated rings. The van der Waals surface area contributed by atoms with Crippen molar-refractivity contribution in [3.8, 4) is 0 Å². The highest BCUT2D eigenvalue weighted by Gasteiger charge is 2.40. The molecule has 1 N–H and O–H groups in total. The van der Waals surface area contributed by atoms with Crippen LogP contribution in [-0.2, 0) is 23.7 Å². The maximum absolute atomic E-state index is 11.6. The van der Waals surface area contributed by atoms with Gasteiger partial charge in [0.1, 0.15) is 6.61 Å². The Morgan fingerprint density at radius 3 is 2.65 bits per heavy atom. The normalized spacial score (nSPS) is 22.2. The van der Waals surface area contributed by atoms with Gasteiger partial charge in [-0.05, 0) is 19.3 Å². The standard InChI is InChI=1S/C14H25NO5/c1-17-8-2-7-15-13(16)11-18-12-3-5-14(6-4-12)19-9-10-20-14/h12H,2-11H2,1H3,(H,15,16). The van der Waals surface area contributed by atoms with Gasteiger partial charge in [0.2, 0.25) is 5.91 Å². The topological polar surface area (TPSA) is 66.0 Å². The Bertz CT molecular complexity index is 294. The van der Waals surface area contributed by atoms with E-state index in [0.717, 1.165) is 32.1 Å². The first-order chi connectivity index (χ1) is 9.74. The zero-order valence-electron chi connectivity index (χ0n) is 12.2. The minimum atomic E-state index is -0.359. The molecule has 116 valence electrons. The molecule has 1 aliphatic heterocycles. The summed E-state index contributed by atoms with van der Waals surface area (Å²) in [6.07, 6.45) is 4.44. The smallest absolute Gasteiger partial charge is 0.246 e. The molecule has 0 bridgehead atoms. The first-order valence-electron chi connectivity index (χ1n) is 7.39. The van der Waals surface area contributed by atoms with Crippen molar-refractivity contribution in [3.05, 3.63) is 0 Å². The van der Waals surface area contributed by atoms with Gasteiger partial charge in [0.05, 0.1) is 19.3 Å². The first-order valence-corrected chi connectivity index (χ1v) is 7.39. The van der Waals surface area contributed by atoms with Gasteiger partial charge in [-0.1, -0.05) is 0 Å². The van der Waals surface area contributed by atoms with E-state index in [1.54, 1.807) is 7.11 Å². The van der Waals surface area contributed by atoms with Crippen LogP contribution in [0, 0.1) is 0 Å². The van der Waals surface area contributed by atoms with Crippen molar-refractivity contribution >= 4 is 5.91 Å². The molecule has 1 saturated carbocycles. The quantitative estimate of drug-likeness (QED) is 0.703. The fraction of sp³-hybridized carbons (Fsp3) is 0.929. The summed E-state index contributed by atoms with van der Waals surface area (Å²) in [6, 6.07) is 0. The van der Waals surface area contributed by atoms with Gasteiger partial charge in [-0.2, -0.15) is 0 Å². The zero-order chi connectivity index (χ0) is 14.3. The molecule has 0 aromatic heterocycles. The third kappa shape index (κ3) is 4.70. The summed E-state index contributed by atoms with van der Waals surface area (Å²) < 4.78 is 21.9.